The average molecular weight is 371 g/mol. The lowest BCUT2D eigenvalue weighted by atomic mass is 10.1. The van der Waals surface area contributed by atoms with Crippen LogP contribution in [-0.4, -0.2) is 26.1 Å². The lowest BCUT2D eigenvalue weighted by molar-refractivity contribution is 0.0941. The molecule has 0 aliphatic carbocycles. The molecule has 1 heterocycles. The highest BCUT2D eigenvalue weighted by molar-refractivity contribution is 5.95. The minimum atomic E-state index is -0.844. The van der Waals surface area contributed by atoms with Gasteiger partial charge < -0.3 is 15.5 Å². The number of carbonyl (C=O) groups excluding carboxylic acids is 1. The van der Waals surface area contributed by atoms with Crippen LogP contribution in [0.1, 0.15) is 21.6 Å². The molecule has 0 fully saturated rings. The third-order valence-electron chi connectivity index (χ3n) is 3.92. The fraction of sp³-hybridized carbons (Fsp3) is 0.105. The number of hydrogen-bond donors (Lipinski definition) is 3. The molecule has 2 aromatic carbocycles. The predicted molar refractivity (Wildman–Crippen MR) is 93.1 cm³/mol. The molecule has 1 amide bonds. The highest BCUT2D eigenvalue weighted by Crippen LogP contribution is 2.29. The van der Waals surface area contributed by atoms with Gasteiger partial charge in [0.1, 0.15) is 11.6 Å². The van der Waals surface area contributed by atoms with Gasteiger partial charge in [-0.25, -0.2) is 13.8 Å². The third kappa shape index (κ3) is 3.84. The van der Waals surface area contributed by atoms with E-state index in [1.807, 2.05) is 6.07 Å². The Hall–Kier alpha value is -3.55. The second kappa shape index (κ2) is 7.36. The monoisotopic (exact) mass is 371 g/mol. The van der Waals surface area contributed by atoms with E-state index in [1.54, 1.807) is 25.1 Å². The highest BCUT2D eigenvalue weighted by atomic mass is 19.1. The van der Waals surface area contributed by atoms with Gasteiger partial charge in [-0.3, -0.25) is 4.79 Å². The van der Waals surface area contributed by atoms with Crippen LogP contribution in [0.5, 0.6) is 11.6 Å². The van der Waals surface area contributed by atoms with E-state index in [4.69, 9.17) is 0 Å². The molecule has 3 rings (SSSR count). The number of nitrogens with zero attached hydrogens (tertiary/aromatic N) is 2. The topological polar surface area (TPSA) is 95.3 Å². The molecule has 0 bridgehead atoms. The molecule has 138 valence electrons. The molecule has 3 aromatic rings. The normalized spacial score (nSPS) is 10.6. The summed E-state index contributed by atoms with van der Waals surface area (Å²) in [5, 5.41) is 22.2. The first-order chi connectivity index (χ1) is 12.9. The van der Waals surface area contributed by atoms with Crippen molar-refractivity contribution >= 4 is 5.91 Å². The highest BCUT2D eigenvalue weighted by Gasteiger charge is 2.21. The molecule has 0 spiro atoms. The molecule has 0 aliphatic rings. The summed E-state index contributed by atoms with van der Waals surface area (Å²) in [6, 6.07) is 10.0. The van der Waals surface area contributed by atoms with Gasteiger partial charge in [-0.2, -0.15) is 4.98 Å². The van der Waals surface area contributed by atoms with Gasteiger partial charge in [0.2, 0.25) is 5.75 Å². The molecule has 0 aliphatic heterocycles. The van der Waals surface area contributed by atoms with Crippen LogP contribution >= 0.6 is 0 Å². The summed E-state index contributed by atoms with van der Waals surface area (Å²) >= 11 is 0. The number of halogens is 2. The van der Waals surface area contributed by atoms with Gasteiger partial charge in [-0.15, -0.1) is 0 Å². The Morgan fingerprint density at radius 2 is 1.85 bits per heavy atom. The molecular weight excluding hydrogens is 356 g/mol. The van der Waals surface area contributed by atoms with Crippen LogP contribution in [0, 0.1) is 18.6 Å². The van der Waals surface area contributed by atoms with Crippen LogP contribution < -0.4 is 5.32 Å². The van der Waals surface area contributed by atoms with Crippen LogP contribution in [0.2, 0.25) is 0 Å². The molecule has 1 aromatic heterocycles. The molecule has 0 atom stereocenters. The summed E-state index contributed by atoms with van der Waals surface area (Å²) in [6.45, 7) is 1.55. The molecule has 27 heavy (non-hydrogen) atoms. The summed E-state index contributed by atoms with van der Waals surface area (Å²) in [4.78, 5) is 20.2. The van der Waals surface area contributed by atoms with Crippen molar-refractivity contribution in [2.75, 3.05) is 0 Å². The Kier molecular flexibility index (Phi) is 4.98. The van der Waals surface area contributed by atoms with Crippen molar-refractivity contribution in [1.29, 1.82) is 0 Å². The summed E-state index contributed by atoms with van der Waals surface area (Å²) in [7, 11) is 0. The molecule has 8 heteroatoms. The van der Waals surface area contributed by atoms with Gasteiger partial charge in [0.05, 0.1) is 0 Å². The Morgan fingerprint density at radius 1 is 1.11 bits per heavy atom. The zero-order chi connectivity index (χ0) is 19.6. The van der Waals surface area contributed by atoms with E-state index in [0.29, 0.717) is 11.6 Å². The lowest BCUT2D eigenvalue weighted by Gasteiger charge is -2.10. The summed E-state index contributed by atoms with van der Waals surface area (Å²) in [5.74, 6) is -3.87. The lowest BCUT2D eigenvalue weighted by Crippen LogP contribution is -2.25. The Labute approximate surface area is 153 Å². The number of rotatable bonds is 4. The molecular formula is C19H15F2N3O3. The minimum absolute atomic E-state index is 0.0570. The summed E-state index contributed by atoms with van der Waals surface area (Å²) < 4.78 is 26.6. The van der Waals surface area contributed by atoms with Crippen LogP contribution in [0.3, 0.4) is 0 Å². The Bertz CT molecular complexity index is 1030. The van der Waals surface area contributed by atoms with Crippen LogP contribution in [0.25, 0.3) is 11.4 Å². The zero-order valence-electron chi connectivity index (χ0n) is 14.2. The second-order valence-corrected chi connectivity index (χ2v) is 5.80. The van der Waals surface area contributed by atoms with Gasteiger partial charge in [0.15, 0.2) is 11.5 Å². The third-order valence-corrected chi connectivity index (χ3v) is 3.92. The zero-order valence-corrected chi connectivity index (χ0v) is 14.2. The molecule has 0 saturated heterocycles. The van der Waals surface area contributed by atoms with E-state index >= 15 is 0 Å². The van der Waals surface area contributed by atoms with E-state index in [2.05, 4.69) is 15.3 Å². The smallest absolute Gasteiger partial charge is 0.274 e. The predicted octanol–water partition coefficient (Wildman–Crippen LogP) is 3.07. The van der Waals surface area contributed by atoms with E-state index in [-0.39, 0.29) is 17.9 Å². The molecule has 0 saturated carbocycles. The van der Waals surface area contributed by atoms with E-state index in [0.717, 1.165) is 11.6 Å². The fourth-order valence-electron chi connectivity index (χ4n) is 2.47. The molecule has 0 radical (unpaired) electrons. The average Bonchev–Trinajstić information content (AvgIpc) is 2.63. The van der Waals surface area contributed by atoms with Crippen LogP contribution in [0.4, 0.5) is 8.78 Å². The number of amides is 1. The van der Waals surface area contributed by atoms with Gasteiger partial charge in [0.25, 0.3) is 11.8 Å². The van der Waals surface area contributed by atoms with Crippen molar-refractivity contribution in [1.82, 2.24) is 15.3 Å². The maximum atomic E-state index is 13.7. The van der Waals surface area contributed by atoms with Gasteiger partial charge in [-0.05, 0) is 18.6 Å². The second-order valence-electron chi connectivity index (χ2n) is 5.80. The quantitative estimate of drug-likeness (QED) is 0.655. The first kappa shape index (κ1) is 18.2. The van der Waals surface area contributed by atoms with Gasteiger partial charge in [-0.1, -0.05) is 30.3 Å². The Morgan fingerprint density at radius 3 is 2.56 bits per heavy atom. The van der Waals surface area contributed by atoms with Gasteiger partial charge in [0, 0.05) is 23.7 Å². The number of aromatic hydroxyl groups is 2. The van der Waals surface area contributed by atoms with E-state index < -0.39 is 34.9 Å². The number of benzene rings is 2. The standard InChI is InChI=1S/C19H15F2N3O3/c1-10-4-2-3-5-13(10)17-23-15(16(25)19(27)24-17)18(26)22-9-11-6-7-12(20)8-14(11)21/h2-8,25H,9H2,1H3,(H,22,26)(H,23,24,27). The largest absolute Gasteiger partial charge is 0.501 e. The van der Waals surface area contributed by atoms with Crippen LogP contribution in [0.15, 0.2) is 42.5 Å². The van der Waals surface area contributed by atoms with E-state index in [9.17, 15) is 23.8 Å². The fourth-order valence-corrected chi connectivity index (χ4v) is 2.47. The van der Waals surface area contributed by atoms with Crippen molar-refractivity contribution in [3.63, 3.8) is 0 Å². The van der Waals surface area contributed by atoms with Crippen molar-refractivity contribution in [2.24, 2.45) is 0 Å². The van der Waals surface area contributed by atoms with Gasteiger partial charge >= 0.3 is 0 Å². The number of aryl methyl sites for hydroxylation is 1. The number of aromatic nitrogens is 2. The van der Waals surface area contributed by atoms with Crippen molar-refractivity contribution in [3.8, 4) is 23.0 Å². The Balaban J connectivity index is 1.89. The maximum Gasteiger partial charge on any atom is 0.274 e. The van der Waals surface area contributed by atoms with Crippen molar-refractivity contribution in [3.05, 3.63) is 70.9 Å². The first-order valence-corrected chi connectivity index (χ1v) is 7.95. The van der Waals surface area contributed by atoms with E-state index in [1.165, 1.54) is 6.07 Å². The molecule has 0 unspecified atom stereocenters. The van der Waals surface area contributed by atoms with Crippen molar-refractivity contribution in [2.45, 2.75) is 13.5 Å². The van der Waals surface area contributed by atoms with Crippen LogP contribution in [-0.2, 0) is 6.54 Å². The summed E-state index contributed by atoms with van der Waals surface area (Å²) in [6.07, 6.45) is 0. The first-order valence-electron chi connectivity index (χ1n) is 7.95. The van der Waals surface area contributed by atoms with Crippen molar-refractivity contribution < 1.29 is 23.8 Å². The molecule has 3 N–H and O–H groups in total. The number of carbonyl (C=O) groups is 1. The maximum absolute atomic E-state index is 13.7. The molecule has 6 nitrogen and oxygen atoms in total. The number of nitrogens with one attached hydrogen (secondary N) is 1. The summed E-state index contributed by atoms with van der Waals surface area (Å²) in [5.41, 5.74) is 0.985. The minimum Gasteiger partial charge on any atom is -0.501 e. The number of hydrogen-bond acceptors (Lipinski definition) is 5. The SMILES string of the molecule is Cc1ccccc1-c1nc(O)c(O)c(C(=O)NCc2ccc(F)cc2F)n1.